The van der Waals surface area contributed by atoms with Crippen LogP contribution >= 0.6 is 11.8 Å². The summed E-state index contributed by atoms with van der Waals surface area (Å²) < 4.78 is 51.4. The fourth-order valence-electron chi connectivity index (χ4n) is 2.28. The zero-order chi connectivity index (χ0) is 19.9. The number of hydrogen-bond donors (Lipinski definition) is 1. The van der Waals surface area contributed by atoms with E-state index in [1.807, 2.05) is 30.3 Å². The molecule has 1 amide bonds. The molecule has 2 rings (SSSR count). The molecule has 0 atom stereocenters. The highest BCUT2D eigenvalue weighted by molar-refractivity contribution is 7.98. The average molecular weight is 414 g/mol. The number of halogens is 2. The van der Waals surface area contributed by atoms with Gasteiger partial charge in [0, 0.05) is 24.1 Å². The molecule has 0 unspecified atom stereocenters. The van der Waals surface area contributed by atoms with Gasteiger partial charge in [0.25, 0.3) is 0 Å². The number of carbonyl (C=O) groups is 1. The lowest BCUT2D eigenvalue weighted by Gasteiger charge is -2.22. The van der Waals surface area contributed by atoms with E-state index in [0.717, 1.165) is 24.1 Å². The fraction of sp³-hybridized carbons (Fsp3) is 0.278. The van der Waals surface area contributed by atoms with Crippen molar-refractivity contribution in [1.82, 2.24) is 5.32 Å². The highest BCUT2D eigenvalue weighted by Gasteiger charge is 2.23. The predicted octanol–water partition coefficient (Wildman–Crippen LogP) is 2.78. The summed E-state index contributed by atoms with van der Waals surface area (Å²) in [4.78, 5) is 12.1. The molecule has 1 N–H and O–H groups in total. The van der Waals surface area contributed by atoms with Crippen LogP contribution in [0.5, 0.6) is 0 Å². The van der Waals surface area contributed by atoms with Crippen molar-refractivity contribution in [2.75, 3.05) is 29.4 Å². The van der Waals surface area contributed by atoms with E-state index in [0.29, 0.717) is 22.7 Å². The maximum atomic E-state index is 13.9. The Morgan fingerprint density at radius 3 is 2.48 bits per heavy atom. The Morgan fingerprint density at radius 2 is 1.85 bits per heavy atom. The van der Waals surface area contributed by atoms with Gasteiger partial charge in [0.2, 0.25) is 15.9 Å². The van der Waals surface area contributed by atoms with Gasteiger partial charge in [0.05, 0.1) is 11.9 Å². The highest BCUT2D eigenvalue weighted by atomic mass is 32.2. The molecule has 0 aromatic heterocycles. The normalized spacial score (nSPS) is 11.2. The van der Waals surface area contributed by atoms with E-state index in [-0.39, 0.29) is 5.69 Å². The van der Waals surface area contributed by atoms with Gasteiger partial charge in [-0.05, 0) is 17.7 Å². The van der Waals surface area contributed by atoms with Crippen LogP contribution in [0.1, 0.15) is 5.56 Å². The van der Waals surface area contributed by atoms with Gasteiger partial charge >= 0.3 is 0 Å². The molecule has 0 radical (unpaired) electrons. The molecule has 2 aromatic rings. The van der Waals surface area contributed by atoms with E-state index < -0.39 is 34.1 Å². The number of rotatable bonds is 9. The number of amides is 1. The predicted molar refractivity (Wildman–Crippen MR) is 104 cm³/mol. The standard InChI is InChI=1S/C18H20F2N2O3S2/c1-27(24,25)22(17-8-7-15(19)11-16(17)20)12-18(23)21-9-10-26-13-14-5-3-2-4-6-14/h2-8,11H,9-10,12-13H2,1H3,(H,21,23). The Balaban J connectivity index is 1.87. The van der Waals surface area contributed by atoms with Crippen LogP contribution in [-0.4, -0.2) is 39.4 Å². The van der Waals surface area contributed by atoms with E-state index in [1.54, 1.807) is 11.8 Å². The third-order valence-electron chi connectivity index (χ3n) is 3.55. The van der Waals surface area contributed by atoms with Gasteiger partial charge in [-0.2, -0.15) is 11.8 Å². The van der Waals surface area contributed by atoms with Crippen molar-refractivity contribution in [3.63, 3.8) is 0 Å². The van der Waals surface area contributed by atoms with E-state index in [9.17, 15) is 22.0 Å². The summed E-state index contributed by atoms with van der Waals surface area (Å²) in [5, 5.41) is 2.61. The number of thioether (sulfide) groups is 1. The molecule has 146 valence electrons. The molecule has 5 nitrogen and oxygen atoms in total. The molecular weight excluding hydrogens is 394 g/mol. The van der Waals surface area contributed by atoms with Crippen LogP contribution < -0.4 is 9.62 Å². The number of nitrogens with zero attached hydrogens (tertiary/aromatic N) is 1. The fourth-order valence-corrected chi connectivity index (χ4v) is 3.95. The minimum Gasteiger partial charge on any atom is -0.354 e. The molecule has 0 saturated carbocycles. The number of anilines is 1. The van der Waals surface area contributed by atoms with Crippen LogP contribution in [0, 0.1) is 11.6 Å². The van der Waals surface area contributed by atoms with Crippen LogP contribution in [-0.2, 0) is 20.6 Å². The van der Waals surface area contributed by atoms with Gasteiger partial charge in [-0.15, -0.1) is 0 Å². The summed E-state index contributed by atoms with van der Waals surface area (Å²) in [5.41, 5.74) is 0.802. The van der Waals surface area contributed by atoms with Crippen LogP contribution in [0.3, 0.4) is 0 Å². The molecular formula is C18H20F2N2O3S2. The van der Waals surface area contributed by atoms with Gasteiger partial charge < -0.3 is 5.32 Å². The first-order valence-corrected chi connectivity index (χ1v) is 11.1. The molecule has 2 aromatic carbocycles. The number of sulfonamides is 1. The number of carbonyl (C=O) groups excluding carboxylic acids is 1. The maximum Gasteiger partial charge on any atom is 0.240 e. The Hall–Kier alpha value is -2.13. The van der Waals surface area contributed by atoms with Crippen molar-refractivity contribution >= 4 is 33.4 Å². The van der Waals surface area contributed by atoms with Gasteiger partial charge in [-0.25, -0.2) is 17.2 Å². The summed E-state index contributed by atoms with van der Waals surface area (Å²) in [6, 6.07) is 12.4. The maximum absolute atomic E-state index is 13.9. The zero-order valence-electron chi connectivity index (χ0n) is 14.7. The van der Waals surface area contributed by atoms with Crippen LogP contribution in [0.25, 0.3) is 0 Å². The van der Waals surface area contributed by atoms with Crippen LogP contribution in [0.2, 0.25) is 0 Å². The molecule has 0 aliphatic rings. The molecule has 0 saturated heterocycles. The second-order valence-corrected chi connectivity index (χ2v) is 8.77. The Labute approximate surface area is 161 Å². The van der Waals surface area contributed by atoms with E-state index in [1.165, 1.54) is 5.56 Å². The van der Waals surface area contributed by atoms with Crippen molar-refractivity contribution in [2.24, 2.45) is 0 Å². The average Bonchev–Trinajstić information content (AvgIpc) is 2.60. The largest absolute Gasteiger partial charge is 0.354 e. The second-order valence-electron chi connectivity index (χ2n) is 5.75. The lowest BCUT2D eigenvalue weighted by atomic mass is 10.2. The zero-order valence-corrected chi connectivity index (χ0v) is 16.3. The summed E-state index contributed by atoms with van der Waals surface area (Å²) in [7, 11) is -3.91. The SMILES string of the molecule is CS(=O)(=O)N(CC(=O)NCCSCc1ccccc1)c1ccc(F)cc1F. The first kappa shape index (κ1) is 21.2. The quantitative estimate of drug-likeness (QED) is 0.641. The second kappa shape index (κ2) is 9.70. The minimum atomic E-state index is -3.91. The van der Waals surface area contributed by atoms with Crippen LogP contribution in [0.15, 0.2) is 48.5 Å². The van der Waals surface area contributed by atoms with Gasteiger partial charge in [0.15, 0.2) is 0 Å². The van der Waals surface area contributed by atoms with Crippen molar-refractivity contribution in [3.8, 4) is 0 Å². The highest BCUT2D eigenvalue weighted by Crippen LogP contribution is 2.22. The Kier molecular flexibility index (Phi) is 7.61. The summed E-state index contributed by atoms with van der Waals surface area (Å²) >= 11 is 1.62. The Bertz CT molecular complexity index is 877. The topological polar surface area (TPSA) is 66.5 Å². The van der Waals surface area contributed by atoms with Crippen LogP contribution in [0.4, 0.5) is 14.5 Å². The lowest BCUT2D eigenvalue weighted by Crippen LogP contribution is -2.41. The van der Waals surface area contributed by atoms with Crippen molar-refractivity contribution in [3.05, 3.63) is 65.7 Å². The molecule has 0 fully saturated rings. The molecule has 27 heavy (non-hydrogen) atoms. The smallest absolute Gasteiger partial charge is 0.240 e. The molecule has 9 heteroatoms. The molecule has 0 aliphatic carbocycles. The van der Waals surface area contributed by atoms with Crippen molar-refractivity contribution in [1.29, 1.82) is 0 Å². The summed E-state index contributed by atoms with van der Waals surface area (Å²) in [5.74, 6) is -1.00. The van der Waals surface area contributed by atoms with E-state index >= 15 is 0 Å². The summed E-state index contributed by atoms with van der Waals surface area (Å²) in [6.45, 7) is -0.232. The van der Waals surface area contributed by atoms with Crippen molar-refractivity contribution < 1.29 is 22.0 Å². The molecule has 0 heterocycles. The molecule has 0 aliphatic heterocycles. The van der Waals surface area contributed by atoms with Gasteiger partial charge in [-0.3, -0.25) is 9.10 Å². The first-order valence-electron chi connectivity index (χ1n) is 8.08. The summed E-state index contributed by atoms with van der Waals surface area (Å²) in [6.07, 6.45) is 0.860. The number of hydrogen-bond acceptors (Lipinski definition) is 4. The number of benzene rings is 2. The monoisotopic (exact) mass is 414 g/mol. The lowest BCUT2D eigenvalue weighted by molar-refractivity contribution is -0.119. The minimum absolute atomic E-state index is 0.347. The third kappa shape index (κ3) is 6.84. The number of nitrogens with one attached hydrogen (secondary N) is 1. The first-order chi connectivity index (χ1) is 12.8. The van der Waals surface area contributed by atoms with Gasteiger partial charge in [0.1, 0.15) is 18.2 Å². The van der Waals surface area contributed by atoms with Crippen molar-refractivity contribution in [2.45, 2.75) is 5.75 Å². The van der Waals surface area contributed by atoms with E-state index in [2.05, 4.69) is 5.32 Å². The van der Waals surface area contributed by atoms with E-state index in [4.69, 9.17) is 0 Å². The molecule has 0 bridgehead atoms. The Morgan fingerprint density at radius 1 is 1.15 bits per heavy atom. The molecule has 0 spiro atoms. The van der Waals surface area contributed by atoms with Gasteiger partial charge in [-0.1, -0.05) is 30.3 Å². The third-order valence-corrected chi connectivity index (χ3v) is 5.70.